The number of aliphatic hydroxyl groups is 1. The molecule has 0 aliphatic heterocycles. The molecule has 24 heavy (non-hydrogen) atoms. The average Bonchev–Trinajstić information content (AvgIpc) is 2.54. The molecular weight excluding hydrogens is 349 g/mol. The van der Waals surface area contributed by atoms with Gasteiger partial charge in [-0.1, -0.05) is 41.4 Å². The molecule has 0 heterocycles. The number of carbonyl (C=O) groups is 1. The van der Waals surface area contributed by atoms with Gasteiger partial charge in [0.15, 0.2) is 0 Å². The summed E-state index contributed by atoms with van der Waals surface area (Å²) < 4.78 is 5.60. The highest BCUT2D eigenvalue weighted by atomic mass is 35.5. The molecule has 0 aromatic heterocycles. The summed E-state index contributed by atoms with van der Waals surface area (Å²) in [4.78, 5) is 12.2. The summed E-state index contributed by atoms with van der Waals surface area (Å²) in [7, 11) is 0. The van der Waals surface area contributed by atoms with Crippen LogP contribution in [0, 0.1) is 0 Å². The smallest absolute Gasteiger partial charge is 0.252 e. The van der Waals surface area contributed by atoms with Crippen LogP contribution >= 0.6 is 23.2 Å². The van der Waals surface area contributed by atoms with Crippen LogP contribution in [-0.2, 0) is 0 Å². The zero-order valence-corrected chi connectivity index (χ0v) is 14.9. The highest BCUT2D eigenvalue weighted by molar-refractivity contribution is 6.43. The summed E-state index contributed by atoms with van der Waals surface area (Å²) in [6, 6.07) is 12.0. The molecule has 128 valence electrons. The maximum absolute atomic E-state index is 12.2. The Morgan fingerprint density at radius 1 is 1.21 bits per heavy atom. The van der Waals surface area contributed by atoms with Crippen LogP contribution in [-0.4, -0.2) is 23.7 Å². The molecule has 4 nitrogen and oxygen atoms in total. The minimum atomic E-state index is -0.859. The van der Waals surface area contributed by atoms with Gasteiger partial charge in [-0.15, -0.1) is 0 Å². The summed E-state index contributed by atoms with van der Waals surface area (Å²) in [6.07, 6.45) is -0.815. The van der Waals surface area contributed by atoms with E-state index >= 15 is 0 Å². The predicted octanol–water partition coefficient (Wildman–Crippen LogP) is 4.24. The third-order valence-corrected chi connectivity index (χ3v) is 4.09. The van der Waals surface area contributed by atoms with Crippen molar-refractivity contribution in [3.63, 3.8) is 0 Å². The quantitative estimate of drug-likeness (QED) is 0.802. The second-order valence-corrected chi connectivity index (χ2v) is 6.35. The summed E-state index contributed by atoms with van der Waals surface area (Å²) in [5.41, 5.74) is 0.930. The van der Waals surface area contributed by atoms with Crippen molar-refractivity contribution in [2.75, 3.05) is 6.54 Å². The SMILES string of the molecule is CC(C)Oc1cccc(C(O)CNC(=O)c2cccc(Cl)c2Cl)c1. The largest absolute Gasteiger partial charge is 0.491 e. The fraction of sp³-hybridized carbons (Fsp3) is 0.278. The van der Waals surface area contributed by atoms with Gasteiger partial charge in [0.25, 0.3) is 5.91 Å². The number of amides is 1. The van der Waals surface area contributed by atoms with Gasteiger partial charge in [-0.3, -0.25) is 4.79 Å². The van der Waals surface area contributed by atoms with Crippen molar-refractivity contribution >= 4 is 29.1 Å². The summed E-state index contributed by atoms with van der Waals surface area (Å²) in [5.74, 6) is 0.280. The zero-order valence-electron chi connectivity index (χ0n) is 13.4. The van der Waals surface area contributed by atoms with Gasteiger partial charge in [-0.25, -0.2) is 0 Å². The highest BCUT2D eigenvalue weighted by Gasteiger charge is 2.15. The van der Waals surface area contributed by atoms with E-state index < -0.39 is 12.0 Å². The summed E-state index contributed by atoms with van der Waals surface area (Å²) >= 11 is 11.9. The Labute approximate surface area is 151 Å². The van der Waals surface area contributed by atoms with E-state index in [0.29, 0.717) is 16.3 Å². The lowest BCUT2D eigenvalue weighted by atomic mass is 10.1. The number of hydrogen-bond donors (Lipinski definition) is 2. The lowest BCUT2D eigenvalue weighted by molar-refractivity contribution is 0.0916. The maximum atomic E-state index is 12.2. The number of benzene rings is 2. The Hall–Kier alpha value is -1.75. The molecule has 2 aromatic carbocycles. The Balaban J connectivity index is 2.01. The molecule has 0 fully saturated rings. The van der Waals surface area contributed by atoms with E-state index in [-0.39, 0.29) is 23.2 Å². The van der Waals surface area contributed by atoms with Gasteiger partial charge < -0.3 is 15.2 Å². The van der Waals surface area contributed by atoms with Gasteiger partial charge in [-0.2, -0.15) is 0 Å². The molecule has 0 aliphatic carbocycles. The van der Waals surface area contributed by atoms with E-state index in [9.17, 15) is 9.90 Å². The minimum Gasteiger partial charge on any atom is -0.491 e. The van der Waals surface area contributed by atoms with Crippen molar-refractivity contribution in [1.82, 2.24) is 5.32 Å². The molecule has 0 spiro atoms. The molecule has 2 rings (SSSR count). The van der Waals surface area contributed by atoms with Gasteiger partial charge in [0.1, 0.15) is 5.75 Å². The molecule has 2 aromatic rings. The first-order valence-electron chi connectivity index (χ1n) is 7.55. The van der Waals surface area contributed by atoms with E-state index in [1.54, 1.807) is 36.4 Å². The van der Waals surface area contributed by atoms with Crippen molar-refractivity contribution in [2.24, 2.45) is 0 Å². The molecule has 6 heteroatoms. The first-order chi connectivity index (χ1) is 11.4. The van der Waals surface area contributed by atoms with Crippen LogP contribution in [0.2, 0.25) is 10.0 Å². The third kappa shape index (κ3) is 4.87. The highest BCUT2D eigenvalue weighted by Crippen LogP contribution is 2.25. The Kier molecular flexibility index (Phi) is 6.49. The van der Waals surface area contributed by atoms with E-state index in [2.05, 4.69) is 5.32 Å². The fourth-order valence-corrected chi connectivity index (χ4v) is 2.54. The van der Waals surface area contributed by atoms with Crippen molar-refractivity contribution in [3.8, 4) is 5.75 Å². The Bertz CT molecular complexity index is 719. The standard InChI is InChI=1S/C18H19Cl2NO3/c1-11(2)24-13-6-3-5-12(9-13)16(22)10-21-18(23)14-7-4-8-15(19)17(14)20/h3-9,11,16,22H,10H2,1-2H3,(H,21,23). The van der Waals surface area contributed by atoms with E-state index in [0.717, 1.165) is 0 Å². The van der Waals surface area contributed by atoms with Crippen LogP contribution in [0.1, 0.15) is 35.9 Å². The Morgan fingerprint density at radius 3 is 2.62 bits per heavy atom. The monoisotopic (exact) mass is 367 g/mol. The van der Waals surface area contributed by atoms with E-state index in [1.807, 2.05) is 19.9 Å². The van der Waals surface area contributed by atoms with Crippen LogP contribution in [0.25, 0.3) is 0 Å². The molecule has 2 N–H and O–H groups in total. The number of ether oxygens (including phenoxy) is 1. The number of aliphatic hydroxyl groups excluding tert-OH is 1. The van der Waals surface area contributed by atoms with E-state index in [1.165, 1.54) is 0 Å². The third-order valence-electron chi connectivity index (χ3n) is 3.27. The minimum absolute atomic E-state index is 0.0436. The van der Waals surface area contributed by atoms with Gasteiger partial charge in [0.2, 0.25) is 0 Å². The lowest BCUT2D eigenvalue weighted by Gasteiger charge is -2.15. The number of nitrogens with one attached hydrogen (secondary N) is 1. The van der Waals surface area contributed by atoms with Gasteiger partial charge >= 0.3 is 0 Å². The molecule has 0 bridgehead atoms. The zero-order chi connectivity index (χ0) is 17.7. The normalized spacial score (nSPS) is 12.1. The molecule has 0 saturated carbocycles. The fourth-order valence-electron chi connectivity index (χ4n) is 2.15. The van der Waals surface area contributed by atoms with Crippen LogP contribution in [0.3, 0.4) is 0 Å². The second-order valence-electron chi connectivity index (χ2n) is 5.57. The molecule has 0 aliphatic rings. The van der Waals surface area contributed by atoms with Crippen LogP contribution in [0.15, 0.2) is 42.5 Å². The van der Waals surface area contributed by atoms with Crippen molar-refractivity contribution < 1.29 is 14.6 Å². The van der Waals surface area contributed by atoms with E-state index in [4.69, 9.17) is 27.9 Å². The summed E-state index contributed by atoms with van der Waals surface area (Å²) in [6.45, 7) is 3.91. The predicted molar refractivity (Wildman–Crippen MR) is 96.0 cm³/mol. The van der Waals surface area contributed by atoms with Gasteiger partial charge in [-0.05, 0) is 43.7 Å². The first-order valence-corrected chi connectivity index (χ1v) is 8.31. The van der Waals surface area contributed by atoms with Gasteiger partial charge in [0, 0.05) is 6.54 Å². The molecule has 1 amide bonds. The maximum Gasteiger partial charge on any atom is 0.252 e. The average molecular weight is 368 g/mol. The summed E-state index contributed by atoms with van der Waals surface area (Å²) in [5, 5.41) is 13.4. The van der Waals surface area contributed by atoms with Crippen molar-refractivity contribution in [3.05, 3.63) is 63.6 Å². The second kappa shape index (κ2) is 8.38. The van der Waals surface area contributed by atoms with Crippen molar-refractivity contribution in [1.29, 1.82) is 0 Å². The van der Waals surface area contributed by atoms with Gasteiger partial charge in [0.05, 0.1) is 27.8 Å². The topological polar surface area (TPSA) is 58.6 Å². The first kappa shape index (κ1) is 18.6. The molecule has 0 radical (unpaired) electrons. The van der Waals surface area contributed by atoms with Crippen LogP contribution in [0.5, 0.6) is 5.75 Å². The number of halogens is 2. The molecule has 1 unspecified atom stereocenters. The number of carbonyl (C=O) groups excluding carboxylic acids is 1. The molecule has 0 saturated heterocycles. The number of hydrogen-bond acceptors (Lipinski definition) is 3. The number of rotatable bonds is 6. The lowest BCUT2D eigenvalue weighted by Crippen LogP contribution is -2.28. The van der Waals surface area contributed by atoms with Crippen molar-refractivity contribution in [2.45, 2.75) is 26.1 Å². The van der Waals surface area contributed by atoms with Crippen LogP contribution < -0.4 is 10.1 Å². The van der Waals surface area contributed by atoms with Crippen LogP contribution in [0.4, 0.5) is 0 Å². The Morgan fingerprint density at radius 2 is 1.92 bits per heavy atom. The molecule has 1 atom stereocenters. The molecular formula is C18H19Cl2NO3.